The third kappa shape index (κ3) is 3.63. The number of nitrogens with zero attached hydrogens (tertiary/aromatic N) is 2. The first-order valence-corrected chi connectivity index (χ1v) is 6.16. The van der Waals surface area contributed by atoms with Crippen LogP contribution in [0.25, 0.3) is 11.5 Å². The number of halogens is 1. The third-order valence-corrected chi connectivity index (χ3v) is 2.80. The van der Waals surface area contributed by atoms with Crippen molar-refractivity contribution in [1.29, 1.82) is 0 Å². The lowest BCUT2D eigenvalue weighted by Crippen LogP contribution is -2.19. The molecular weight excluding hydrogens is 263 g/mol. The molecule has 0 bridgehead atoms. The van der Waals surface area contributed by atoms with Gasteiger partial charge in [0.05, 0.1) is 6.42 Å². The number of aromatic nitrogens is 2. The maximum atomic E-state index is 13.1. The van der Waals surface area contributed by atoms with E-state index >= 15 is 0 Å². The molecule has 0 amide bonds. The SMILES string of the molecule is CC(C)(CC(=O)O)Cc1nnc(-c2cccc(F)c2)o1. The molecule has 0 unspecified atom stereocenters. The molecule has 0 saturated carbocycles. The van der Waals surface area contributed by atoms with Crippen LogP contribution >= 0.6 is 0 Å². The maximum Gasteiger partial charge on any atom is 0.303 e. The van der Waals surface area contributed by atoms with Crippen LogP contribution in [0.15, 0.2) is 28.7 Å². The number of hydrogen-bond donors (Lipinski definition) is 1. The van der Waals surface area contributed by atoms with Crippen molar-refractivity contribution in [1.82, 2.24) is 10.2 Å². The number of carboxylic acid groups (broad SMARTS) is 1. The minimum absolute atomic E-state index is 0.00464. The average molecular weight is 278 g/mol. The molecule has 1 aromatic heterocycles. The second-order valence-corrected chi connectivity index (χ2v) is 5.42. The zero-order valence-corrected chi connectivity index (χ0v) is 11.3. The van der Waals surface area contributed by atoms with Crippen LogP contribution in [-0.2, 0) is 11.2 Å². The molecule has 5 nitrogen and oxygen atoms in total. The highest BCUT2D eigenvalue weighted by molar-refractivity contribution is 5.67. The molecule has 2 aromatic rings. The van der Waals surface area contributed by atoms with Crippen LogP contribution in [0.1, 0.15) is 26.2 Å². The summed E-state index contributed by atoms with van der Waals surface area (Å²) in [6.07, 6.45) is 0.353. The smallest absolute Gasteiger partial charge is 0.303 e. The van der Waals surface area contributed by atoms with E-state index < -0.39 is 11.4 Å². The first kappa shape index (κ1) is 14.2. The zero-order chi connectivity index (χ0) is 14.8. The van der Waals surface area contributed by atoms with E-state index in [-0.39, 0.29) is 18.1 Å². The number of carboxylic acids is 1. The molecule has 0 atom stereocenters. The Hall–Kier alpha value is -2.24. The number of aliphatic carboxylic acids is 1. The van der Waals surface area contributed by atoms with E-state index in [9.17, 15) is 9.18 Å². The van der Waals surface area contributed by atoms with Gasteiger partial charge in [0.1, 0.15) is 5.82 Å². The normalized spacial score (nSPS) is 11.6. The van der Waals surface area contributed by atoms with Crippen molar-refractivity contribution in [3.8, 4) is 11.5 Å². The quantitative estimate of drug-likeness (QED) is 0.910. The van der Waals surface area contributed by atoms with Crippen LogP contribution in [0, 0.1) is 11.2 Å². The van der Waals surface area contributed by atoms with Gasteiger partial charge in [-0.05, 0) is 23.6 Å². The Morgan fingerprint density at radius 1 is 1.40 bits per heavy atom. The van der Waals surface area contributed by atoms with Gasteiger partial charge in [-0.1, -0.05) is 19.9 Å². The summed E-state index contributed by atoms with van der Waals surface area (Å²) in [6.45, 7) is 3.63. The largest absolute Gasteiger partial charge is 0.481 e. The maximum absolute atomic E-state index is 13.1. The van der Waals surface area contributed by atoms with Crippen LogP contribution in [0.5, 0.6) is 0 Å². The standard InChI is InChI=1S/C14H15FN2O3/c1-14(2,8-12(18)19)7-11-16-17-13(20-11)9-4-3-5-10(15)6-9/h3-6H,7-8H2,1-2H3,(H,18,19). The van der Waals surface area contributed by atoms with Gasteiger partial charge in [-0.15, -0.1) is 10.2 Å². The lowest BCUT2D eigenvalue weighted by molar-refractivity contribution is -0.139. The van der Waals surface area contributed by atoms with Crippen molar-refractivity contribution in [2.24, 2.45) is 5.41 Å². The zero-order valence-electron chi connectivity index (χ0n) is 11.3. The van der Waals surface area contributed by atoms with E-state index in [4.69, 9.17) is 9.52 Å². The third-order valence-electron chi connectivity index (χ3n) is 2.80. The molecule has 0 saturated heterocycles. The van der Waals surface area contributed by atoms with Crippen LogP contribution in [0.4, 0.5) is 4.39 Å². The van der Waals surface area contributed by atoms with E-state index in [1.165, 1.54) is 12.1 Å². The molecule has 106 valence electrons. The topological polar surface area (TPSA) is 76.2 Å². The Morgan fingerprint density at radius 2 is 2.15 bits per heavy atom. The molecule has 0 aliphatic rings. The molecule has 0 radical (unpaired) electrons. The summed E-state index contributed by atoms with van der Waals surface area (Å²) < 4.78 is 18.6. The van der Waals surface area contributed by atoms with Gasteiger partial charge in [0.15, 0.2) is 0 Å². The fourth-order valence-corrected chi connectivity index (χ4v) is 1.94. The summed E-state index contributed by atoms with van der Waals surface area (Å²) in [5.74, 6) is -0.686. The lowest BCUT2D eigenvalue weighted by atomic mass is 9.86. The van der Waals surface area contributed by atoms with E-state index in [0.29, 0.717) is 17.9 Å². The number of rotatable bonds is 5. The molecule has 1 aromatic carbocycles. The predicted molar refractivity (Wildman–Crippen MR) is 69.4 cm³/mol. The van der Waals surface area contributed by atoms with Gasteiger partial charge in [0, 0.05) is 12.0 Å². The molecule has 20 heavy (non-hydrogen) atoms. The van der Waals surface area contributed by atoms with Crippen molar-refractivity contribution in [2.45, 2.75) is 26.7 Å². The van der Waals surface area contributed by atoms with Crippen molar-refractivity contribution in [3.05, 3.63) is 36.0 Å². The molecule has 1 N–H and O–H groups in total. The molecular formula is C14H15FN2O3. The van der Waals surface area contributed by atoms with E-state index in [1.54, 1.807) is 12.1 Å². The summed E-state index contributed by atoms with van der Waals surface area (Å²) in [6, 6.07) is 5.86. The van der Waals surface area contributed by atoms with Crippen molar-refractivity contribution >= 4 is 5.97 Å². The number of benzene rings is 1. The fourth-order valence-electron chi connectivity index (χ4n) is 1.94. The summed E-state index contributed by atoms with van der Waals surface area (Å²) in [7, 11) is 0. The van der Waals surface area contributed by atoms with E-state index in [2.05, 4.69) is 10.2 Å². The van der Waals surface area contributed by atoms with Crippen molar-refractivity contribution in [2.75, 3.05) is 0 Å². The lowest BCUT2D eigenvalue weighted by Gasteiger charge is -2.19. The van der Waals surface area contributed by atoms with Crippen LogP contribution < -0.4 is 0 Å². The molecule has 0 fully saturated rings. The van der Waals surface area contributed by atoms with Gasteiger partial charge in [0.25, 0.3) is 0 Å². The van der Waals surface area contributed by atoms with Gasteiger partial charge in [-0.2, -0.15) is 0 Å². The Kier molecular flexibility index (Phi) is 3.83. The molecule has 0 aliphatic heterocycles. The minimum Gasteiger partial charge on any atom is -0.481 e. The molecule has 2 rings (SSSR count). The summed E-state index contributed by atoms with van der Waals surface area (Å²) in [5.41, 5.74) is 0.0113. The van der Waals surface area contributed by atoms with Gasteiger partial charge < -0.3 is 9.52 Å². The Bertz CT molecular complexity index is 622. The molecule has 1 heterocycles. The highest BCUT2D eigenvalue weighted by atomic mass is 19.1. The minimum atomic E-state index is -0.875. The summed E-state index contributed by atoms with van der Waals surface area (Å²) in [4.78, 5) is 10.8. The molecule has 6 heteroatoms. The average Bonchev–Trinajstić information content (AvgIpc) is 2.74. The highest BCUT2D eigenvalue weighted by Gasteiger charge is 2.25. The second kappa shape index (κ2) is 5.40. The first-order valence-electron chi connectivity index (χ1n) is 6.16. The predicted octanol–water partition coefficient (Wildman–Crippen LogP) is 2.92. The summed E-state index contributed by atoms with van der Waals surface area (Å²) >= 11 is 0. The number of hydrogen-bond acceptors (Lipinski definition) is 4. The number of carbonyl (C=O) groups is 1. The Morgan fingerprint density at radius 3 is 2.80 bits per heavy atom. The van der Waals surface area contributed by atoms with Crippen LogP contribution in [0.3, 0.4) is 0 Å². The Labute approximate surface area is 115 Å². The Balaban J connectivity index is 2.15. The highest BCUT2D eigenvalue weighted by Crippen LogP contribution is 2.27. The van der Waals surface area contributed by atoms with Gasteiger partial charge in [-0.25, -0.2) is 4.39 Å². The monoisotopic (exact) mass is 278 g/mol. The van der Waals surface area contributed by atoms with Crippen LogP contribution in [-0.4, -0.2) is 21.3 Å². The molecule has 0 spiro atoms. The van der Waals surface area contributed by atoms with Crippen LogP contribution in [0.2, 0.25) is 0 Å². The molecule has 0 aliphatic carbocycles. The van der Waals surface area contributed by atoms with E-state index in [1.807, 2.05) is 13.8 Å². The van der Waals surface area contributed by atoms with Gasteiger partial charge in [0.2, 0.25) is 11.8 Å². The second-order valence-electron chi connectivity index (χ2n) is 5.42. The summed E-state index contributed by atoms with van der Waals surface area (Å²) in [5, 5.41) is 16.6. The fraction of sp³-hybridized carbons (Fsp3) is 0.357. The first-order chi connectivity index (χ1) is 9.35. The van der Waals surface area contributed by atoms with Crippen molar-refractivity contribution < 1.29 is 18.7 Å². The van der Waals surface area contributed by atoms with E-state index in [0.717, 1.165) is 0 Å². The van der Waals surface area contributed by atoms with Gasteiger partial charge in [-0.3, -0.25) is 4.79 Å². The van der Waals surface area contributed by atoms with Crippen molar-refractivity contribution in [3.63, 3.8) is 0 Å². The van der Waals surface area contributed by atoms with Gasteiger partial charge >= 0.3 is 5.97 Å².